The summed E-state index contributed by atoms with van der Waals surface area (Å²) in [6, 6.07) is 1.86. The molecule has 0 amide bonds. The summed E-state index contributed by atoms with van der Waals surface area (Å²) in [6.07, 6.45) is 1.75. The van der Waals surface area contributed by atoms with E-state index in [9.17, 15) is 0 Å². The molecule has 2 rings (SSSR count). The molecule has 0 aromatic carbocycles. The normalized spacial score (nSPS) is 10.4. The Hall–Kier alpha value is -2.11. The molecule has 0 unspecified atom stereocenters. The van der Waals surface area contributed by atoms with Crippen LogP contribution in [0, 0.1) is 13.8 Å². The van der Waals surface area contributed by atoms with E-state index in [0.717, 1.165) is 5.56 Å². The van der Waals surface area contributed by atoms with Gasteiger partial charge in [0.25, 0.3) is 0 Å². The van der Waals surface area contributed by atoms with Gasteiger partial charge < -0.3 is 15.6 Å². The molecular formula is C10H13N5O. The number of nitrogens with two attached hydrogens (primary N) is 1. The number of nitrogens with zero attached hydrogens (tertiary/aromatic N) is 3. The fourth-order valence-electron chi connectivity index (χ4n) is 1.32. The minimum Gasteiger partial charge on any atom is -0.396 e. The molecule has 3 N–H and O–H groups in total. The van der Waals surface area contributed by atoms with Crippen molar-refractivity contribution >= 4 is 11.5 Å². The molecule has 0 radical (unpaired) electrons. The van der Waals surface area contributed by atoms with Crippen LogP contribution in [0.1, 0.15) is 17.3 Å². The average Bonchev–Trinajstić information content (AvgIpc) is 2.63. The number of aromatic nitrogens is 3. The van der Waals surface area contributed by atoms with Crippen molar-refractivity contribution in [3.05, 3.63) is 29.5 Å². The van der Waals surface area contributed by atoms with Crippen LogP contribution in [0.15, 0.2) is 16.8 Å². The SMILES string of the molecule is Cc1cnc(NCc2noc(C)n2)c(N)c1. The number of nitrogen functional groups attached to an aromatic ring is 1. The van der Waals surface area contributed by atoms with Gasteiger partial charge in [0.2, 0.25) is 5.89 Å². The molecule has 0 saturated carbocycles. The van der Waals surface area contributed by atoms with Gasteiger partial charge in [-0.2, -0.15) is 4.98 Å². The van der Waals surface area contributed by atoms with E-state index in [4.69, 9.17) is 10.3 Å². The van der Waals surface area contributed by atoms with E-state index in [-0.39, 0.29) is 0 Å². The lowest BCUT2D eigenvalue weighted by molar-refractivity contribution is 0.388. The van der Waals surface area contributed by atoms with Crippen molar-refractivity contribution in [3.63, 3.8) is 0 Å². The van der Waals surface area contributed by atoms with Crippen LogP contribution in [0.3, 0.4) is 0 Å². The van der Waals surface area contributed by atoms with Crippen molar-refractivity contribution in [1.29, 1.82) is 0 Å². The minimum atomic E-state index is 0.442. The number of aryl methyl sites for hydroxylation is 2. The molecule has 0 bridgehead atoms. The largest absolute Gasteiger partial charge is 0.396 e. The predicted octanol–water partition coefficient (Wildman–Crippen LogP) is 1.28. The Morgan fingerprint density at radius 2 is 2.25 bits per heavy atom. The Morgan fingerprint density at radius 3 is 2.88 bits per heavy atom. The quantitative estimate of drug-likeness (QED) is 0.808. The van der Waals surface area contributed by atoms with Crippen molar-refractivity contribution in [2.45, 2.75) is 20.4 Å². The van der Waals surface area contributed by atoms with Gasteiger partial charge in [-0.25, -0.2) is 4.98 Å². The Morgan fingerprint density at radius 1 is 1.44 bits per heavy atom. The third-order valence-electron chi connectivity index (χ3n) is 2.04. The standard InChI is InChI=1S/C10H13N5O/c1-6-3-8(11)10(12-4-6)13-5-9-14-7(2)16-15-9/h3-4H,5,11H2,1-2H3,(H,12,13). The number of anilines is 2. The van der Waals surface area contributed by atoms with E-state index >= 15 is 0 Å². The lowest BCUT2D eigenvalue weighted by Gasteiger charge is -2.06. The second-order valence-corrected chi connectivity index (χ2v) is 3.53. The fourth-order valence-corrected chi connectivity index (χ4v) is 1.32. The van der Waals surface area contributed by atoms with Gasteiger partial charge in [0.15, 0.2) is 5.82 Å². The molecule has 0 saturated heterocycles. The Bertz CT molecular complexity index is 494. The summed E-state index contributed by atoms with van der Waals surface area (Å²) in [5.74, 6) is 1.76. The molecule has 0 fully saturated rings. The summed E-state index contributed by atoms with van der Waals surface area (Å²) in [5.41, 5.74) is 7.44. The summed E-state index contributed by atoms with van der Waals surface area (Å²) < 4.78 is 4.85. The van der Waals surface area contributed by atoms with Crippen LogP contribution in [0.25, 0.3) is 0 Å². The summed E-state index contributed by atoms with van der Waals surface area (Å²) in [4.78, 5) is 8.24. The van der Waals surface area contributed by atoms with E-state index in [1.807, 2.05) is 13.0 Å². The van der Waals surface area contributed by atoms with Crippen LogP contribution in [-0.4, -0.2) is 15.1 Å². The van der Waals surface area contributed by atoms with Gasteiger partial charge in [-0.3, -0.25) is 0 Å². The van der Waals surface area contributed by atoms with Crippen LogP contribution >= 0.6 is 0 Å². The zero-order valence-electron chi connectivity index (χ0n) is 9.19. The highest BCUT2D eigenvalue weighted by Crippen LogP contribution is 2.16. The molecule has 2 heterocycles. The van der Waals surface area contributed by atoms with E-state index < -0.39 is 0 Å². The maximum atomic E-state index is 5.80. The third-order valence-corrected chi connectivity index (χ3v) is 2.04. The van der Waals surface area contributed by atoms with Crippen LogP contribution in [-0.2, 0) is 6.54 Å². The molecule has 0 spiro atoms. The molecule has 2 aromatic rings. The Labute approximate surface area is 92.9 Å². The molecule has 0 aliphatic carbocycles. The topological polar surface area (TPSA) is 89.9 Å². The third kappa shape index (κ3) is 2.28. The van der Waals surface area contributed by atoms with Gasteiger partial charge in [0.05, 0.1) is 12.2 Å². The number of rotatable bonds is 3. The van der Waals surface area contributed by atoms with Gasteiger partial charge in [0, 0.05) is 13.1 Å². The molecule has 6 heteroatoms. The van der Waals surface area contributed by atoms with Crippen molar-refractivity contribution < 1.29 is 4.52 Å². The van der Waals surface area contributed by atoms with Crippen LogP contribution in [0.4, 0.5) is 11.5 Å². The van der Waals surface area contributed by atoms with E-state index in [2.05, 4.69) is 20.4 Å². The second-order valence-electron chi connectivity index (χ2n) is 3.53. The number of hydrogen-bond acceptors (Lipinski definition) is 6. The molecule has 0 aliphatic rings. The highest BCUT2D eigenvalue weighted by molar-refractivity contribution is 5.61. The van der Waals surface area contributed by atoms with Crippen molar-refractivity contribution in [3.8, 4) is 0 Å². The first-order valence-electron chi connectivity index (χ1n) is 4.90. The first-order valence-corrected chi connectivity index (χ1v) is 4.90. The van der Waals surface area contributed by atoms with E-state index in [1.54, 1.807) is 13.1 Å². The van der Waals surface area contributed by atoms with Gasteiger partial charge in [-0.1, -0.05) is 5.16 Å². The lowest BCUT2D eigenvalue weighted by Crippen LogP contribution is -2.05. The Kier molecular flexibility index (Phi) is 2.72. The minimum absolute atomic E-state index is 0.442. The molecule has 2 aromatic heterocycles. The van der Waals surface area contributed by atoms with Gasteiger partial charge >= 0.3 is 0 Å². The highest BCUT2D eigenvalue weighted by atomic mass is 16.5. The Balaban J connectivity index is 2.04. The monoisotopic (exact) mass is 219 g/mol. The predicted molar refractivity (Wildman–Crippen MR) is 59.7 cm³/mol. The van der Waals surface area contributed by atoms with Crippen LogP contribution in [0.5, 0.6) is 0 Å². The maximum absolute atomic E-state index is 5.80. The molecular weight excluding hydrogens is 206 g/mol. The van der Waals surface area contributed by atoms with Crippen molar-refractivity contribution in [1.82, 2.24) is 15.1 Å². The number of nitrogens with one attached hydrogen (secondary N) is 1. The molecule has 0 aliphatic heterocycles. The molecule has 0 atom stereocenters. The van der Waals surface area contributed by atoms with E-state index in [1.165, 1.54) is 0 Å². The highest BCUT2D eigenvalue weighted by Gasteiger charge is 2.04. The van der Waals surface area contributed by atoms with Gasteiger partial charge in [-0.05, 0) is 18.6 Å². The molecule has 16 heavy (non-hydrogen) atoms. The number of pyridine rings is 1. The van der Waals surface area contributed by atoms with Crippen LogP contribution < -0.4 is 11.1 Å². The van der Waals surface area contributed by atoms with Gasteiger partial charge in [0.1, 0.15) is 5.82 Å². The summed E-state index contributed by atoms with van der Waals surface area (Å²) in [5, 5.41) is 6.81. The fraction of sp³-hybridized carbons (Fsp3) is 0.300. The zero-order valence-corrected chi connectivity index (χ0v) is 9.19. The lowest BCUT2D eigenvalue weighted by atomic mass is 10.3. The molecule has 84 valence electrons. The summed E-state index contributed by atoms with van der Waals surface area (Å²) in [7, 11) is 0. The van der Waals surface area contributed by atoms with E-state index in [0.29, 0.717) is 29.8 Å². The smallest absolute Gasteiger partial charge is 0.223 e. The van der Waals surface area contributed by atoms with Gasteiger partial charge in [-0.15, -0.1) is 0 Å². The molecule has 6 nitrogen and oxygen atoms in total. The second kappa shape index (κ2) is 4.18. The van der Waals surface area contributed by atoms with Crippen LogP contribution in [0.2, 0.25) is 0 Å². The summed E-state index contributed by atoms with van der Waals surface area (Å²) >= 11 is 0. The average molecular weight is 219 g/mol. The maximum Gasteiger partial charge on any atom is 0.223 e. The zero-order chi connectivity index (χ0) is 11.5. The first-order chi connectivity index (χ1) is 7.65. The first kappa shape index (κ1) is 10.4. The van der Waals surface area contributed by atoms with Crippen molar-refractivity contribution in [2.75, 3.05) is 11.1 Å². The number of hydrogen-bond donors (Lipinski definition) is 2. The van der Waals surface area contributed by atoms with Crippen molar-refractivity contribution in [2.24, 2.45) is 0 Å². The summed E-state index contributed by atoms with van der Waals surface area (Å²) in [6.45, 7) is 4.13.